The molecule has 3 aromatic carbocycles. The monoisotopic (exact) mass is 646 g/mol. The lowest BCUT2D eigenvalue weighted by Gasteiger charge is -2.38. The van der Waals surface area contributed by atoms with E-state index in [0.717, 1.165) is 28.1 Å². The van der Waals surface area contributed by atoms with Gasteiger partial charge in [0, 0.05) is 17.3 Å². The molecular weight excluding hydrogens is 604 g/mol. The van der Waals surface area contributed by atoms with E-state index in [1.165, 1.54) is 4.90 Å². The van der Waals surface area contributed by atoms with Crippen LogP contribution >= 0.6 is 0 Å². The number of aliphatic hydroxyl groups is 3. The standard InChI is InChI=1S/C40H42N2O6/c1-25(2)33-22-34-38(40(47)42(39(34)46)30-16-14-29(15-17-30)41-28-11-7-4-8-12-28)35(24-44)37(33)36(45)20-13-27(26-9-5-3-6-10-26)21-31-18-19-32(23-43)48-31/h3-12,14-19,21,25,34-36,38,41,43-45H,13,20,22-24H2,1-2H3/b27-21-/t34-,35+,36-,38-/m1/s1. The fourth-order valence-corrected chi connectivity index (χ4v) is 7.21. The van der Waals surface area contributed by atoms with E-state index < -0.39 is 23.9 Å². The van der Waals surface area contributed by atoms with Gasteiger partial charge < -0.3 is 25.1 Å². The minimum atomic E-state index is -0.933. The number of anilines is 3. The quantitative estimate of drug-likeness (QED) is 0.0969. The number of benzene rings is 3. The number of allylic oxidation sites excluding steroid dienone is 2. The molecule has 1 saturated heterocycles. The van der Waals surface area contributed by atoms with Crippen LogP contribution in [0.3, 0.4) is 0 Å². The Morgan fingerprint density at radius 2 is 1.56 bits per heavy atom. The molecule has 6 rings (SSSR count). The minimum absolute atomic E-state index is 0.00843. The molecule has 2 heterocycles. The number of nitrogens with zero attached hydrogens (tertiary/aromatic N) is 1. The highest BCUT2D eigenvalue weighted by atomic mass is 16.4. The molecule has 0 radical (unpaired) electrons. The van der Waals surface area contributed by atoms with Crippen LogP contribution < -0.4 is 10.2 Å². The van der Waals surface area contributed by atoms with E-state index in [0.29, 0.717) is 42.0 Å². The van der Waals surface area contributed by atoms with Gasteiger partial charge >= 0.3 is 0 Å². The van der Waals surface area contributed by atoms with Crippen molar-refractivity contribution in [2.75, 3.05) is 16.8 Å². The second-order valence-corrected chi connectivity index (χ2v) is 12.9. The molecule has 0 unspecified atom stereocenters. The van der Waals surface area contributed by atoms with Crippen molar-refractivity contribution >= 4 is 40.5 Å². The molecular formula is C40H42N2O6. The Labute approximate surface area is 281 Å². The zero-order valence-corrected chi connectivity index (χ0v) is 27.3. The molecule has 4 atom stereocenters. The first-order valence-corrected chi connectivity index (χ1v) is 16.6. The zero-order chi connectivity index (χ0) is 33.8. The summed E-state index contributed by atoms with van der Waals surface area (Å²) in [5.41, 5.74) is 5.76. The molecule has 8 heteroatoms. The third kappa shape index (κ3) is 6.78. The summed E-state index contributed by atoms with van der Waals surface area (Å²) in [5.74, 6) is -1.59. The summed E-state index contributed by atoms with van der Waals surface area (Å²) < 4.78 is 5.73. The van der Waals surface area contributed by atoms with Crippen molar-refractivity contribution in [2.24, 2.45) is 23.7 Å². The average molecular weight is 647 g/mol. The summed E-state index contributed by atoms with van der Waals surface area (Å²) in [6.45, 7) is 3.51. The van der Waals surface area contributed by atoms with Crippen molar-refractivity contribution in [3.05, 3.63) is 125 Å². The molecule has 0 spiro atoms. The Kier molecular flexibility index (Phi) is 10.1. The van der Waals surface area contributed by atoms with E-state index in [4.69, 9.17) is 4.42 Å². The first kappa shape index (κ1) is 33.2. The predicted molar refractivity (Wildman–Crippen MR) is 187 cm³/mol. The molecule has 2 amide bonds. The zero-order valence-electron chi connectivity index (χ0n) is 27.3. The number of para-hydroxylation sites is 1. The first-order chi connectivity index (χ1) is 23.3. The van der Waals surface area contributed by atoms with E-state index in [1.807, 2.05) is 92.7 Å². The van der Waals surface area contributed by atoms with Gasteiger partial charge in [0.2, 0.25) is 11.8 Å². The van der Waals surface area contributed by atoms with Crippen LogP contribution in [0.4, 0.5) is 17.1 Å². The SMILES string of the molecule is CC(C)C1=C([C@H](O)CC/C(=C/c2ccc(CO)o2)c2ccccc2)[C@H](CO)[C@@H]2C(=O)N(c3ccc(Nc4ccccc4)cc3)C(=O)[C@@H]2C1. The number of rotatable bonds is 12. The molecule has 1 aliphatic heterocycles. The number of fused-ring (bicyclic) bond motifs is 1. The van der Waals surface area contributed by atoms with Crippen LogP contribution in [0.1, 0.15) is 50.2 Å². The highest BCUT2D eigenvalue weighted by Gasteiger charge is 2.55. The molecule has 0 saturated carbocycles. The van der Waals surface area contributed by atoms with Gasteiger partial charge in [-0.1, -0.05) is 68.0 Å². The molecule has 1 aromatic heterocycles. The normalized spacial score (nSPS) is 20.4. The van der Waals surface area contributed by atoms with E-state index in [9.17, 15) is 24.9 Å². The van der Waals surface area contributed by atoms with E-state index >= 15 is 0 Å². The number of aliphatic hydroxyl groups excluding tert-OH is 3. The summed E-state index contributed by atoms with van der Waals surface area (Å²) in [6, 6.07) is 30.3. The Bertz CT molecular complexity index is 1790. The second kappa shape index (κ2) is 14.6. The minimum Gasteiger partial charge on any atom is -0.459 e. The van der Waals surface area contributed by atoms with Gasteiger partial charge in [0.1, 0.15) is 18.1 Å². The Balaban J connectivity index is 1.24. The maximum Gasteiger partial charge on any atom is 0.238 e. The van der Waals surface area contributed by atoms with Crippen molar-refractivity contribution in [2.45, 2.75) is 45.8 Å². The molecule has 1 aliphatic carbocycles. The van der Waals surface area contributed by atoms with E-state index in [1.54, 1.807) is 24.3 Å². The molecule has 48 heavy (non-hydrogen) atoms. The average Bonchev–Trinajstić information content (AvgIpc) is 3.67. The number of hydrogen-bond acceptors (Lipinski definition) is 7. The third-order valence-electron chi connectivity index (χ3n) is 9.55. The van der Waals surface area contributed by atoms with Crippen LogP contribution in [0.5, 0.6) is 0 Å². The van der Waals surface area contributed by atoms with Crippen molar-refractivity contribution in [3.8, 4) is 0 Å². The van der Waals surface area contributed by atoms with Gasteiger partial charge in [-0.3, -0.25) is 14.5 Å². The molecule has 2 aliphatic rings. The van der Waals surface area contributed by atoms with Crippen molar-refractivity contribution in [3.63, 3.8) is 0 Å². The third-order valence-corrected chi connectivity index (χ3v) is 9.55. The molecule has 0 bridgehead atoms. The molecule has 8 nitrogen and oxygen atoms in total. The lowest BCUT2D eigenvalue weighted by Crippen LogP contribution is -2.39. The smallest absolute Gasteiger partial charge is 0.238 e. The van der Waals surface area contributed by atoms with Crippen LogP contribution in [0, 0.1) is 23.7 Å². The number of nitrogens with one attached hydrogen (secondary N) is 1. The Hall–Kier alpha value is -4.76. The maximum atomic E-state index is 14.1. The van der Waals surface area contributed by atoms with Crippen molar-refractivity contribution in [1.29, 1.82) is 0 Å². The van der Waals surface area contributed by atoms with E-state index in [-0.39, 0.29) is 30.9 Å². The summed E-state index contributed by atoms with van der Waals surface area (Å²) in [6.07, 6.45) is 2.17. The maximum absolute atomic E-state index is 14.1. The summed E-state index contributed by atoms with van der Waals surface area (Å²) in [4.78, 5) is 29.2. The van der Waals surface area contributed by atoms with Crippen LogP contribution in [0.15, 0.2) is 113 Å². The van der Waals surface area contributed by atoms with Crippen LogP contribution in [0.2, 0.25) is 0 Å². The molecule has 248 valence electrons. The van der Waals surface area contributed by atoms with Crippen LogP contribution in [0.25, 0.3) is 11.6 Å². The Morgan fingerprint density at radius 1 is 0.896 bits per heavy atom. The van der Waals surface area contributed by atoms with Crippen molar-refractivity contribution in [1.82, 2.24) is 0 Å². The number of furan rings is 1. The van der Waals surface area contributed by atoms with Gasteiger partial charge in [-0.25, -0.2) is 0 Å². The lowest BCUT2D eigenvalue weighted by molar-refractivity contribution is -0.123. The predicted octanol–water partition coefficient (Wildman–Crippen LogP) is 6.97. The fourth-order valence-electron chi connectivity index (χ4n) is 7.21. The number of imide groups is 1. The van der Waals surface area contributed by atoms with E-state index in [2.05, 4.69) is 5.32 Å². The lowest BCUT2D eigenvalue weighted by atomic mass is 9.66. The highest BCUT2D eigenvalue weighted by molar-refractivity contribution is 6.22. The van der Waals surface area contributed by atoms with Gasteiger partial charge in [0.05, 0.1) is 30.2 Å². The molecule has 4 aromatic rings. The van der Waals surface area contributed by atoms with Gasteiger partial charge in [-0.2, -0.15) is 0 Å². The summed E-state index contributed by atoms with van der Waals surface area (Å²) >= 11 is 0. The number of hydrogen-bond donors (Lipinski definition) is 4. The molecule has 4 N–H and O–H groups in total. The van der Waals surface area contributed by atoms with Gasteiger partial charge in [0.25, 0.3) is 0 Å². The first-order valence-electron chi connectivity index (χ1n) is 16.6. The molecule has 1 fully saturated rings. The number of carbonyl (C=O) groups is 2. The highest BCUT2D eigenvalue weighted by Crippen LogP contribution is 2.49. The second-order valence-electron chi connectivity index (χ2n) is 12.9. The van der Waals surface area contributed by atoms with Crippen molar-refractivity contribution < 1.29 is 29.3 Å². The fraction of sp³-hybridized carbons (Fsp3) is 0.300. The summed E-state index contributed by atoms with van der Waals surface area (Å²) in [7, 11) is 0. The van der Waals surface area contributed by atoms with Gasteiger partial charge in [-0.15, -0.1) is 0 Å². The van der Waals surface area contributed by atoms with Crippen LogP contribution in [-0.4, -0.2) is 39.8 Å². The Morgan fingerprint density at radius 3 is 2.19 bits per heavy atom. The largest absolute Gasteiger partial charge is 0.459 e. The topological polar surface area (TPSA) is 123 Å². The number of carbonyl (C=O) groups excluding carboxylic acids is 2. The van der Waals surface area contributed by atoms with Gasteiger partial charge in [0.15, 0.2) is 0 Å². The summed E-state index contributed by atoms with van der Waals surface area (Å²) in [5, 5.41) is 35.4. The number of amides is 2. The van der Waals surface area contributed by atoms with Crippen LogP contribution in [-0.2, 0) is 16.2 Å². The van der Waals surface area contributed by atoms with Gasteiger partial charge in [-0.05, 0) is 96.5 Å².